The third kappa shape index (κ3) is 11.7. The Morgan fingerprint density at radius 3 is 2.10 bits per heavy atom. The molecule has 0 bridgehead atoms. The van der Waals surface area contributed by atoms with Crippen LogP contribution in [0.25, 0.3) is 0 Å². The molecular formula is C46H79N7O14. The molecule has 4 saturated heterocycles. The predicted octanol–water partition coefficient (Wildman–Crippen LogP) is 1.41. The van der Waals surface area contributed by atoms with E-state index in [-0.39, 0.29) is 48.3 Å². The topological polar surface area (TPSA) is 271 Å². The van der Waals surface area contributed by atoms with Crippen molar-refractivity contribution in [2.24, 2.45) is 23.7 Å². The number of nitrogens with zero attached hydrogens (tertiary/aromatic N) is 6. The minimum absolute atomic E-state index is 0.0200. The molecule has 4 fully saturated rings. The average molecular weight is 954 g/mol. The maximum atomic E-state index is 15.1. The molecule has 11 unspecified atom stereocenters. The van der Waals surface area contributed by atoms with Crippen LogP contribution in [0.5, 0.6) is 0 Å². The molecule has 0 spiro atoms. The zero-order valence-electron chi connectivity index (χ0n) is 41.6. The molecule has 21 heteroatoms. The van der Waals surface area contributed by atoms with Gasteiger partial charge >= 0.3 is 5.97 Å². The number of carbonyl (C=O) groups excluding carboxylic acids is 7. The summed E-state index contributed by atoms with van der Waals surface area (Å²) in [6, 6.07) is -8.27. The molecule has 382 valence electrons. The molecule has 0 radical (unpaired) electrons. The van der Waals surface area contributed by atoms with Crippen LogP contribution in [-0.4, -0.2) is 190 Å². The molecule has 4 heterocycles. The van der Waals surface area contributed by atoms with Gasteiger partial charge in [-0.05, 0) is 82.5 Å². The summed E-state index contributed by atoms with van der Waals surface area (Å²) in [5.41, 5.74) is -4.66. The van der Waals surface area contributed by atoms with Gasteiger partial charge in [0.25, 0.3) is 23.6 Å². The number of amides is 6. The first-order valence-corrected chi connectivity index (χ1v) is 24.1. The molecule has 21 nitrogen and oxygen atoms in total. The second kappa shape index (κ2) is 22.2. The van der Waals surface area contributed by atoms with E-state index >= 15 is 4.79 Å². The number of hydroxylamine groups is 4. The number of unbranched alkanes of at least 4 members (excludes halogenated alkanes) is 1. The van der Waals surface area contributed by atoms with Gasteiger partial charge in [-0.3, -0.25) is 44.2 Å². The predicted molar refractivity (Wildman–Crippen MR) is 240 cm³/mol. The summed E-state index contributed by atoms with van der Waals surface area (Å²) in [4.78, 5) is 104. The zero-order chi connectivity index (χ0) is 50.7. The van der Waals surface area contributed by atoms with Crippen LogP contribution < -0.4 is 5.32 Å². The maximum Gasteiger partial charge on any atom is 0.332 e. The molecule has 0 aromatic heterocycles. The van der Waals surface area contributed by atoms with Crippen LogP contribution in [0.15, 0.2) is 0 Å². The highest BCUT2D eigenvalue weighted by Crippen LogP contribution is 2.42. The van der Waals surface area contributed by atoms with Gasteiger partial charge in [0.2, 0.25) is 17.6 Å². The van der Waals surface area contributed by atoms with E-state index in [2.05, 4.69) is 19.2 Å². The van der Waals surface area contributed by atoms with E-state index in [1.165, 1.54) is 39.9 Å². The first-order chi connectivity index (χ1) is 31.1. The molecule has 4 aliphatic heterocycles. The standard InChI is InChI=1S/C46H79N7O14/c1-13-15-17-30-39(56)51(64)25-33(54)52-31(18-16-22-48(52)11)38(55)50-23-21-44(9,61)37(50)41(58)53(65)35(27(5)6)42(59)66-36(28(7)8)34(40(57)49(30)12)47-43(60)45(10,62)46(63)20-19-29(24-26(3)4)32(14-2)67-46/h26-32,34-37,61-65H,13-25H2,1-12H3,(H,47,60). The highest BCUT2D eigenvalue weighted by molar-refractivity contribution is 5.97. The Morgan fingerprint density at radius 1 is 0.896 bits per heavy atom. The number of ether oxygens (including phenoxy) is 2. The number of fused-ring (bicyclic) bond motifs is 2. The van der Waals surface area contributed by atoms with E-state index in [4.69, 9.17) is 9.47 Å². The quantitative estimate of drug-likeness (QED) is 0.126. The number of carbonyl (C=O) groups is 7. The van der Waals surface area contributed by atoms with E-state index < -0.39 is 119 Å². The highest BCUT2D eigenvalue weighted by atomic mass is 16.6. The smallest absolute Gasteiger partial charge is 0.332 e. The Balaban J connectivity index is 1.89. The van der Waals surface area contributed by atoms with E-state index in [0.29, 0.717) is 44.6 Å². The van der Waals surface area contributed by atoms with Gasteiger partial charge in [0.15, 0.2) is 11.6 Å². The Bertz CT molecular complexity index is 1810. The van der Waals surface area contributed by atoms with Crippen molar-refractivity contribution in [1.82, 2.24) is 35.3 Å². The van der Waals surface area contributed by atoms with Gasteiger partial charge in [-0.15, -0.1) is 0 Å². The third-order valence-electron chi connectivity index (χ3n) is 14.2. The zero-order valence-corrected chi connectivity index (χ0v) is 41.6. The largest absolute Gasteiger partial charge is 0.458 e. The Morgan fingerprint density at radius 2 is 1.54 bits per heavy atom. The first-order valence-electron chi connectivity index (χ1n) is 24.1. The van der Waals surface area contributed by atoms with E-state index in [9.17, 15) is 54.5 Å². The average Bonchev–Trinajstić information content (AvgIpc) is 3.57. The van der Waals surface area contributed by atoms with Crippen LogP contribution in [-0.2, 0) is 43.0 Å². The van der Waals surface area contributed by atoms with Crippen LogP contribution in [0.2, 0.25) is 0 Å². The lowest BCUT2D eigenvalue weighted by atomic mass is 9.78. The van der Waals surface area contributed by atoms with E-state index in [1.54, 1.807) is 13.8 Å². The number of aliphatic hydroxyl groups is 3. The third-order valence-corrected chi connectivity index (χ3v) is 14.2. The Labute approximate surface area is 394 Å². The van der Waals surface area contributed by atoms with E-state index in [1.807, 2.05) is 13.8 Å². The van der Waals surface area contributed by atoms with Gasteiger partial charge in [0, 0.05) is 33.6 Å². The van der Waals surface area contributed by atoms with Gasteiger partial charge in [-0.1, -0.05) is 68.2 Å². The minimum Gasteiger partial charge on any atom is -0.458 e. The van der Waals surface area contributed by atoms with Crippen molar-refractivity contribution < 1.29 is 68.8 Å². The molecule has 0 saturated carbocycles. The van der Waals surface area contributed by atoms with Crippen molar-refractivity contribution >= 4 is 41.4 Å². The van der Waals surface area contributed by atoms with Gasteiger partial charge in [-0.25, -0.2) is 19.9 Å². The van der Waals surface area contributed by atoms with Gasteiger partial charge in [-0.2, -0.15) is 0 Å². The van der Waals surface area contributed by atoms with Crippen molar-refractivity contribution in [2.75, 3.05) is 33.7 Å². The maximum absolute atomic E-state index is 15.1. The lowest BCUT2D eigenvalue weighted by Crippen LogP contribution is -2.69. The molecule has 0 aromatic rings. The molecule has 0 aromatic carbocycles. The number of cyclic esters (lactones) is 1. The number of esters is 1. The fourth-order valence-corrected chi connectivity index (χ4v) is 10.1. The van der Waals surface area contributed by atoms with Crippen LogP contribution in [0.1, 0.15) is 133 Å². The lowest BCUT2D eigenvalue weighted by molar-refractivity contribution is -0.329. The van der Waals surface area contributed by atoms with Crippen molar-refractivity contribution in [2.45, 2.75) is 193 Å². The second-order valence-corrected chi connectivity index (χ2v) is 20.6. The lowest BCUT2D eigenvalue weighted by Gasteiger charge is -2.48. The number of rotatable bonds is 11. The minimum atomic E-state index is -2.73. The number of hydrogen-bond acceptors (Lipinski definition) is 15. The normalized spacial score (nSPS) is 33.7. The number of likely N-dealkylation sites (N-methyl/N-ethyl adjacent to an activating group) is 1. The Hall–Kier alpha value is -3.99. The molecular weight excluding hydrogens is 875 g/mol. The second-order valence-electron chi connectivity index (χ2n) is 20.6. The van der Waals surface area contributed by atoms with Crippen molar-refractivity contribution in [3.63, 3.8) is 0 Å². The van der Waals surface area contributed by atoms with Gasteiger partial charge in [0.1, 0.15) is 36.8 Å². The summed E-state index contributed by atoms with van der Waals surface area (Å²) in [5, 5.41) is 64.0. The summed E-state index contributed by atoms with van der Waals surface area (Å²) >= 11 is 0. The fraction of sp³-hybridized carbons (Fsp3) is 0.848. The summed E-state index contributed by atoms with van der Waals surface area (Å²) in [6.07, 6.45) is 0.508. The number of hydrogen-bond donors (Lipinski definition) is 6. The highest BCUT2D eigenvalue weighted by Gasteiger charge is 2.58. The van der Waals surface area contributed by atoms with Crippen LogP contribution in [0, 0.1) is 23.7 Å². The van der Waals surface area contributed by atoms with Crippen LogP contribution in [0.3, 0.4) is 0 Å². The molecule has 0 aliphatic carbocycles. The van der Waals surface area contributed by atoms with Crippen molar-refractivity contribution in [3.8, 4) is 0 Å². The van der Waals surface area contributed by atoms with Crippen LogP contribution >= 0.6 is 0 Å². The molecule has 11 atom stereocenters. The first kappa shape index (κ1) is 55.6. The number of nitrogens with one attached hydrogen (secondary N) is 1. The number of hydrazine groups is 1. The van der Waals surface area contributed by atoms with E-state index in [0.717, 1.165) is 28.2 Å². The molecule has 4 rings (SSSR count). The van der Waals surface area contributed by atoms with Gasteiger partial charge in [0.05, 0.1) is 11.7 Å². The fourth-order valence-electron chi connectivity index (χ4n) is 10.1. The molecule has 6 amide bonds. The molecule has 6 N–H and O–H groups in total. The van der Waals surface area contributed by atoms with Crippen molar-refractivity contribution in [1.29, 1.82) is 0 Å². The van der Waals surface area contributed by atoms with Crippen LogP contribution in [0.4, 0.5) is 0 Å². The summed E-state index contributed by atoms with van der Waals surface area (Å²) < 4.78 is 12.2. The SMILES string of the molecule is CCCCC1C(=O)N(O)CC(=O)N2C(CCCN2C)C(=O)N2CCC(C)(O)C2C(=O)N(O)C(C(C)C)C(=O)OC(C(C)C)C(NC(=O)C(C)(O)C2(O)CCC(CC(C)C)C(CC)O2)C(=O)N1C. The van der Waals surface area contributed by atoms with Crippen molar-refractivity contribution in [3.05, 3.63) is 0 Å². The Kier molecular flexibility index (Phi) is 18.4. The summed E-state index contributed by atoms with van der Waals surface area (Å²) in [7, 11) is 2.76. The summed E-state index contributed by atoms with van der Waals surface area (Å²) in [5.74, 6) is -11.4. The monoisotopic (exact) mass is 954 g/mol. The molecule has 4 aliphatic rings. The molecule has 67 heavy (non-hydrogen) atoms. The summed E-state index contributed by atoms with van der Waals surface area (Å²) in [6.45, 7) is 15.4. The van der Waals surface area contributed by atoms with Gasteiger partial charge < -0.3 is 39.9 Å².